The first-order valence-corrected chi connectivity index (χ1v) is 8.81. The van der Waals surface area contributed by atoms with Gasteiger partial charge in [0, 0.05) is 44.3 Å². The van der Waals surface area contributed by atoms with Crippen LogP contribution in [0.25, 0.3) is 0 Å². The largest absolute Gasteiger partial charge is 0.375 e. The van der Waals surface area contributed by atoms with E-state index >= 15 is 0 Å². The van der Waals surface area contributed by atoms with Crippen LogP contribution in [0.5, 0.6) is 0 Å². The van der Waals surface area contributed by atoms with E-state index in [2.05, 4.69) is 29.1 Å². The molecule has 1 saturated heterocycles. The second kappa shape index (κ2) is 9.82. The fraction of sp³-hybridized carbons (Fsp3) is 0.588. The number of aliphatic imine (C=N–C) groups is 1. The van der Waals surface area contributed by atoms with Gasteiger partial charge in [-0.05, 0) is 31.5 Å². The van der Waals surface area contributed by atoms with E-state index in [1.54, 1.807) is 26.3 Å². The zero-order chi connectivity index (χ0) is 16.9. The summed E-state index contributed by atoms with van der Waals surface area (Å²) in [5.41, 5.74) is 0.950. The second-order valence-corrected chi connectivity index (χ2v) is 8.04. The van der Waals surface area contributed by atoms with Gasteiger partial charge in [0.05, 0.1) is 6.10 Å². The highest BCUT2D eigenvalue weighted by atomic mass is 127. The van der Waals surface area contributed by atoms with Crippen molar-refractivity contribution in [2.45, 2.75) is 24.7 Å². The molecular weight excluding hydrogens is 440 g/mol. The van der Waals surface area contributed by atoms with Crippen molar-refractivity contribution in [3.8, 4) is 0 Å². The molecule has 1 aliphatic heterocycles. The number of benzene rings is 1. The molecule has 1 heterocycles. The van der Waals surface area contributed by atoms with Crippen LogP contribution in [0.3, 0.4) is 0 Å². The van der Waals surface area contributed by atoms with Gasteiger partial charge < -0.3 is 15.0 Å². The Balaban J connectivity index is 0.00000288. The fourth-order valence-corrected chi connectivity index (χ4v) is 3.84. The normalized spacial score (nSPS) is 18.7. The zero-order valence-corrected chi connectivity index (χ0v) is 17.9. The second-order valence-electron chi connectivity index (χ2n) is 6.23. The molecule has 0 saturated carbocycles. The molecule has 0 radical (unpaired) electrons. The Hall–Kier alpha value is -0.540. The van der Waals surface area contributed by atoms with Crippen LogP contribution < -0.4 is 5.32 Å². The Labute approximate surface area is 165 Å². The summed E-state index contributed by atoms with van der Waals surface area (Å²) in [6, 6.07) is 6.43. The van der Waals surface area contributed by atoms with Crippen LogP contribution in [0.4, 0.5) is 4.39 Å². The van der Waals surface area contributed by atoms with Crippen molar-refractivity contribution in [3.05, 3.63) is 35.6 Å². The lowest BCUT2D eigenvalue weighted by Crippen LogP contribution is -2.51. The van der Waals surface area contributed by atoms with E-state index in [1.165, 1.54) is 12.1 Å². The molecule has 2 rings (SSSR count). The summed E-state index contributed by atoms with van der Waals surface area (Å²) in [7, 11) is 3.47. The predicted molar refractivity (Wildman–Crippen MR) is 111 cm³/mol. The summed E-state index contributed by atoms with van der Waals surface area (Å²) >= 11 is 1.99. The quantitative estimate of drug-likeness (QED) is 0.418. The number of nitrogens with one attached hydrogen (secondary N) is 1. The van der Waals surface area contributed by atoms with Gasteiger partial charge in [-0.3, -0.25) is 4.99 Å². The van der Waals surface area contributed by atoms with E-state index in [0.29, 0.717) is 6.54 Å². The number of methoxy groups -OCH3 is 1. The molecule has 0 bridgehead atoms. The van der Waals surface area contributed by atoms with Gasteiger partial charge in [-0.2, -0.15) is 11.8 Å². The van der Waals surface area contributed by atoms with Gasteiger partial charge >= 0.3 is 0 Å². The number of guanidine groups is 1. The molecule has 1 aliphatic rings. The molecule has 0 amide bonds. The average molecular weight is 467 g/mol. The van der Waals surface area contributed by atoms with Gasteiger partial charge in [0.15, 0.2) is 5.96 Å². The van der Waals surface area contributed by atoms with Crippen molar-refractivity contribution in [3.63, 3.8) is 0 Å². The van der Waals surface area contributed by atoms with E-state index < -0.39 is 0 Å². The molecule has 4 nitrogen and oxygen atoms in total. The van der Waals surface area contributed by atoms with E-state index in [0.717, 1.165) is 30.4 Å². The third-order valence-corrected chi connectivity index (χ3v) is 5.21. The zero-order valence-electron chi connectivity index (χ0n) is 14.7. The first kappa shape index (κ1) is 21.5. The first-order valence-electron chi connectivity index (χ1n) is 7.83. The van der Waals surface area contributed by atoms with E-state index in [-0.39, 0.29) is 40.6 Å². The fourth-order valence-electron chi connectivity index (χ4n) is 2.73. The minimum Gasteiger partial charge on any atom is -0.375 e. The van der Waals surface area contributed by atoms with Gasteiger partial charge in [-0.15, -0.1) is 24.0 Å². The van der Waals surface area contributed by atoms with Crippen LogP contribution in [0.15, 0.2) is 29.3 Å². The Bertz CT molecular complexity index is 539. The van der Waals surface area contributed by atoms with Gasteiger partial charge in [-0.1, -0.05) is 12.1 Å². The first-order chi connectivity index (χ1) is 10.9. The van der Waals surface area contributed by atoms with Crippen molar-refractivity contribution >= 4 is 41.7 Å². The van der Waals surface area contributed by atoms with Crippen LogP contribution in [-0.4, -0.2) is 55.2 Å². The molecule has 1 aromatic carbocycles. The summed E-state index contributed by atoms with van der Waals surface area (Å²) in [6.07, 6.45) is -0.139. The van der Waals surface area contributed by atoms with Crippen molar-refractivity contribution in [2.24, 2.45) is 4.99 Å². The Morgan fingerprint density at radius 1 is 1.42 bits per heavy atom. The van der Waals surface area contributed by atoms with E-state index in [9.17, 15) is 4.39 Å². The minimum absolute atomic E-state index is 0. The van der Waals surface area contributed by atoms with Gasteiger partial charge in [0.1, 0.15) is 5.82 Å². The lowest BCUT2D eigenvalue weighted by Gasteiger charge is -2.39. The third-order valence-electron chi connectivity index (χ3n) is 3.91. The monoisotopic (exact) mass is 467 g/mol. The van der Waals surface area contributed by atoms with Crippen molar-refractivity contribution < 1.29 is 9.13 Å². The lowest BCUT2D eigenvalue weighted by molar-refractivity contribution is 0.105. The number of halogens is 2. The maximum atomic E-state index is 13.1. The molecular formula is C17H27FIN3OS. The summed E-state index contributed by atoms with van der Waals surface area (Å²) in [6.45, 7) is 7.06. The molecule has 1 unspecified atom stereocenters. The molecule has 136 valence electrons. The van der Waals surface area contributed by atoms with E-state index in [1.807, 2.05) is 11.8 Å². The average Bonchev–Trinajstić information content (AvgIpc) is 2.52. The highest BCUT2D eigenvalue weighted by Gasteiger charge is 2.28. The van der Waals surface area contributed by atoms with Crippen LogP contribution in [0.2, 0.25) is 0 Å². The molecule has 1 N–H and O–H groups in total. The summed E-state index contributed by atoms with van der Waals surface area (Å²) in [5.74, 6) is 1.75. The molecule has 0 aliphatic carbocycles. The maximum absolute atomic E-state index is 13.1. The topological polar surface area (TPSA) is 36.9 Å². The number of hydrogen-bond donors (Lipinski definition) is 1. The number of ether oxygens (including phenoxy) is 1. The number of thioether (sulfide) groups is 1. The van der Waals surface area contributed by atoms with E-state index in [4.69, 9.17) is 4.74 Å². The lowest BCUT2D eigenvalue weighted by atomic mass is 10.1. The number of rotatable bonds is 4. The number of hydrogen-bond acceptors (Lipinski definition) is 3. The highest BCUT2D eigenvalue weighted by molar-refractivity contribution is 14.0. The smallest absolute Gasteiger partial charge is 0.193 e. The Morgan fingerprint density at radius 2 is 2.08 bits per heavy atom. The highest BCUT2D eigenvalue weighted by Crippen LogP contribution is 2.29. The third kappa shape index (κ3) is 6.07. The molecule has 1 atom stereocenters. The summed E-state index contributed by atoms with van der Waals surface area (Å²) < 4.78 is 18.8. The molecule has 0 spiro atoms. The van der Waals surface area contributed by atoms with Crippen molar-refractivity contribution in [1.29, 1.82) is 0 Å². The Kier molecular flexibility index (Phi) is 8.80. The molecule has 1 aromatic rings. The van der Waals surface area contributed by atoms with Gasteiger partial charge in [-0.25, -0.2) is 4.39 Å². The molecule has 7 heteroatoms. The van der Waals surface area contributed by atoms with Gasteiger partial charge in [0.25, 0.3) is 0 Å². The van der Waals surface area contributed by atoms with Crippen LogP contribution in [-0.2, 0) is 4.74 Å². The van der Waals surface area contributed by atoms with Crippen molar-refractivity contribution in [2.75, 3.05) is 39.5 Å². The molecule has 1 fully saturated rings. The van der Waals surface area contributed by atoms with Gasteiger partial charge in [0.2, 0.25) is 0 Å². The van der Waals surface area contributed by atoms with Crippen LogP contribution >= 0.6 is 35.7 Å². The molecule has 24 heavy (non-hydrogen) atoms. The summed E-state index contributed by atoms with van der Waals surface area (Å²) in [4.78, 5) is 6.68. The van der Waals surface area contributed by atoms with Crippen LogP contribution in [0, 0.1) is 5.82 Å². The molecule has 0 aromatic heterocycles. The minimum atomic E-state index is -0.236. The Morgan fingerprint density at radius 3 is 2.62 bits per heavy atom. The number of nitrogens with zero attached hydrogens (tertiary/aromatic N) is 2. The van der Waals surface area contributed by atoms with Crippen molar-refractivity contribution in [1.82, 2.24) is 10.2 Å². The maximum Gasteiger partial charge on any atom is 0.193 e. The summed E-state index contributed by atoms with van der Waals surface area (Å²) in [5, 5.41) is 3.39. The SMILES string of the molecule is CN=C(NCC(OC)c1ccc(F)cc1)N1CCSC(C)(C)C1.I. The standard InChI is InChI=1S/C17H26FN3OS.HI/c1-17(2)12-21(9-10-23-17)16(19-3)20-11-15(22-4)13-5-7-14(18)8-6-13;/h5-8,15H,9-12H2,1-4H3,(H,19,20);1H. The van der Waals surface area contributed by atoms with Crippen LogP contribution in [0.1, 0.15) is 25.5 Å². The predicted octanol–water partition coefficient (Wildman–Crippen LogP) is 3.53.